The maximum absolute atomic E-state index is 5.39. The van der Waals surface area contributed by atoms with Crippen molar-refractivity contribution in [3.05, 3.63) is 54.0 Å². The number of hydrogen-bond donors (Lipinski definition) is 0. The minimum absolute atomic E-state index is 0.428. The van der Waals surface area contributed by atoms with Gasteiger partial charge in [0.1, 0.15) is 17.9 Å². The highest BCUT2D eigenvalue weighted by Crippen LogP contribution is 2.29. The van der Waals surface area contributed by atoms with Crippen LogP contribution in [-0.4, -0.2) is 53.7 Å². The molecule has 28 heavy (non-hydrogen) atoms. The van der Waals surface area contributed by atoms with Crippen molar-refractivity contribution in [1.29, 1.82) is 0 Å². The Balaban J connectivity index is 1.44. The molecule has 3 aromatic rings. The van der Waals surface area contributed by atoms with Crippen molar-refractivity contribution in [2.24, 2.45) is 0 Å². The Bertz CT molecular complexity index is 910. The Labute approximate surface area is 166 Å². The van der Waals surface area contributed by atoms with Crippen molar-refractivity contribution in [2.45, 2.75) is 32.0 Å². The number of nitrogens with zero attached hydrogens (tertiary/aromatic N) is 5. The molecule has 0 unspecified atom stereocenters. The highest BCUT2D eigenvalue weighted by Gasteiger charge is 2.25. The molecule has 148 valence electrons. The van der Waals surface area contributed by atoms with E-state index in [9.17, 15) is 0 Å². The van der Waals surface area contributed by atoms with Crippen LogP contribution in [0.3, 0.4) is 0 Å². The van der Waals surface area contributed by atoms with E-state index in [1.165, 1.54) is 11.3 Å². The predicted molar refractivity (Wildman–Crippen MR) is 113 cm³/mol. The van der Waals surface area contributed by atoms with E-state index in [1.807, 2.05) is 18.3 Å². The first-order valence-corrected chi connectivity index (χ1v) is 9.95. The van der Waals surface area contributed by atoms with Crippen molar-refractivity contribution in [3.63, 3.8) is 0 Å². The molecule has 1 fully saturated rings. The molecule has 0 radical (unpaired) electrons. The third kappa shape index (κ3) is 3.88. The van der Waals surface area contributed by atoms with E-state index in [1.54, 1.807) is 7.11 Å². The number of benzene rings is 1. The zero-order chi connectivity index (χ0) is 19.5. The molecule has 0 spiro atoms. The molecule has 1 aliphatic rings. The quantitative estimate of drug-likeness (QED) is 0.656. The maximum atomic E-state index is 5.39. The van der Waals surface area contributed by atoms with E-state index in [2.05, 4.69) is 57.7 Å². The van der Waals surface area contributed by atoms with E-state index in [-0.39, 0.29) is 0 Å². The number of anilines is 1. The Morgan fingerprint density at radius 1 is 1.11 bits per heavy atom. The monoisotopic (exact) mass is 379 g/mol. The van der Waals surface area contributed by atoms with Gasteiger partial charge in [-0.2, -0.15) is 0 Å². The van der Waals surface area contributed by atoms with E-state index >= 15 is 0 Å². The summed E-state index contributed by atoms with van der Waals surface area (Å²) in [7, 11) is 5.87. The second-order valence-corrected chi connectivity index (χ2v) is 7.75. The van der Waals surface area contributed by atoms with Gasteiger partial charge in [0.15, 0.2) is 5.65 Å². The molecule has 2 aromatic heterocycles. The maximum Gasteiger partial charge on any atom is 0.160 e. The van der Waals surface area contributed by atoms with Crippen LogP contribution in [0.15, 0.2) is 42.6 Å². The zero-order valence-corrected chi connectivity index (χ0v) is 17.0. The van der Waals surface area contributed by atoms with Gasteiger partial charge in [-0.25, -0.2) is 9.97 Å². The van der Waals surface area contributed by atoms with Crippen LogP contribution in [0.2, 0.25) is 0 Å². The molecule has 6 nitrogen and oxygen atoms in total. The van der Waals surface area contributed by atoms with Gasteiger partial charge in [-0.3, -0.25) is 4.90 Å². The fourth-order valence-electron chi connectivity index (χ4n) is 4.08. The molecule has 1 saturated heterocycles. The highest BCUT2D eigenvalue weighted by atomic mass is 16.5. The van der Waals surface area contributed by atoms with Crippen LogP contribution in [0.4, 0.5) is 5.69 Å². The Morgan fingerprint density at radius 3 is 2.54 bits per heavy atom. The van der Waals surface area contributed by atoms with Crippen molar-refractivity contribution in [1.82, 2.24) is 19.4 Å². The third-order valence-electron chi connectivity index (χ3n) is 5.58. The van der Waals surface area contributed by atoms with Crippen LogP contribution in [0.25, 0.3) is 11.2 Å². The third-order valence-corrected chi connectivity index (χ3v) is 5.58. The molecule has 6 heteroatoms. The van der Waals surface area contributed by atoms with Gasteiger partial charge in [0.25, 0.3) is 0 Å². The minimum atomic E-state index is 0.428. The van der Waals surface area contributed by atoms with Gasteiger partial charge < -0.3 is 14.2 Å². The van der Waals surface area contributed by atoms with Crippen LogP contribution < -0.4 is 4.90 Å². The molecule has 0 aliphatic carbocycles. The highest BCUT2D eigenvalue weighted by molar-refractivity contribution is 5.71. The summed E-state index contributed by atoms with van der Waals surface area (Å²) in [5, 5.41) is 0. The lowest BCUT2D eigenvalue weighted by Gasteiger charge is -2.33. The molecular formula is C22H29N5O. The molecule has 3 heterocycles. The van der Waals surface area contributed by atoms with E-state index < -0.39 is 0 Å². The van der Waals surface area contributed by atoms with Crippen molar-refractivity contribution in [2.75, 3.05) is 39.2 Å². The van der Waals surface area contributed by atoms with Gasteiger partial charge in [0.2, 0.25) is 0 Å². The summed E-state index contributed by atoms with van der Waals surface area (Å²) >= 11 is 0. The number of methoxy groups -OCH3 is 1. The fourth-order valence-corrected chi connectivity index (χ4v) is 4.08. The van der Waals surface area contributed by atoms with Crippen LogP contribution in [0.5, 0.6) is 0 Å². The second-order valence-electron chi connectivity index (χ2n) is 7.75. The Hall–Kier alpha value is -2.44. The van der Waals surface area contributed by atoms with E-state index in [0.29, 0.717) is 12.6 Å². The molecule has 0 saturated carbocycles. The predicted octanol–water partition coefficient (Wildman–Crippen LogP) is 3.48. The number of ether oxygens (including phenoxy) is 1. The van der Waals surface area contributed by atoms with Crippen LogP contribution in [0, 0.1) is 0 Å². The number of fused-ring (bicyclic) bond motifs is 1. The lowest BCUT2D eigenvalue weighted by Crippen LogP contribution is -2.34. The molecular weight excluding hydrogens is 350 g/mol. The summed E-state index contributed by atoms with van der Waals surface area (Å²) in [6.45, 7) is 3.70. The largest absolute Gasteiger partial charge is 0.378 e. The standard InChI is InChI=1S/C22H29N5O/c1-25(2)18-8-6-17(7-9-18)15-26-13-10-19(11-14-26)27-21(16-28-3)24-20-5-4-12-23-22(20)27/h4-9,12,19H,10-11,13-16H2,1-3H3. The normalized spacial score (nSPS) is 16.0. The summed E-state index contributed by atoms with van der Waals surface area (Å²) < 4.78 is 7.70. The Morgan fingerprint density at radius 2 is 1.86 bits per heavy atom. The van der Waals surface area contributed by atoms with Gasteiger partial charge in [-0.05, 0) is 42.7 Å². The van der Waals surface area contributed by atoms with E-state index in [4.69, 9.17) is 9.72 Å². The number of imidazole rings is 1. The number of piperidine rings is 1. The van der Waals surface area contributed by atoms with Gasteiger partial charge >= 0.3 is 0 Å². The average molecular weight is 380 g/mol. The number of aromatic nitrogens is 3. The fraction of sp³-hybridized carbons (Fsp3) is 0.455. The first-order valence-electron chi connectivity index (χ1n) is 9.95. The SMILES string of the molecule is COCc1nc2cccnc2n1C1CCN(Cc2ccc(N(C)C)cc2)CC1. The molecule has 0 atom stereocenters. The number of pyridine rings is 1. The first kappa shape index (κ1) is 18.9. The van der Waals surface area contributed by atoms with E-state index in [0.717, 1.165) is 49.5 Å². The van der Waals surface area contributed by atoms with Crippen LogP contribution in [-0.2, 0) is 17.9 Å². The lowest BCUT2D eigenvalue weighted by molar-refractivity contribution is 0.156. The molecule has 0 N–H and O–H groups in total. The molecule has 1 aliphatic heterocycles. The smallest absolute Gasteiger partial charge is 0.160 e. The number of hydrogen-bond acceptors (Lipinski definition) is 5. The van der Waals surface area contributed by atoms with Crippen molar-refractivity contribution in [3.8, 4) is 0 Å². The molecule has 4 rings (SSSR count). The molecule has 1 aromatic carbocycles. The van der Waals surface area contributed by atoms with Crippen molar-refractivity contribution >= 4 is 16.9 Å². The number of likely N-dealkylation sites (tertiary alicyclic amines) is 1. The second kappa shape index (κ2) is 8.29. The minimum Gasteiger partial charge on any atom is -0.378 e. The summed E-state index contributed by atoms with van der Waals surface area (Å²) in [5.74, 6) is 0.980. The van der Waals surface area contributed by atoms with Gasteiger partial charge in [-0.1, -0.05) is 12.1 Å². The lowest BCUT2D eigenvalue weighted by atomic mass is 10.0. The van der Waals surface area contributed by atoms with Crippen LogP contribution in [0.1, 0.15) is 30.3 Å². The average Bonchev–Trinajstić information content (AvgIpc) is 3.07. The first-order chi connectivity index (χ1) is 13.7. The summed E-state index contributed by atoms with van der Waals surface area (Å²) in [6.07, 6.45) is 4.06. The van der Waals surface area contributed by atoms with Gasteiger partial charge in [-0.15, -0.1) is 0 Å². The zero-order valence-electron chi connectivity index (χ0n) is 17.0. The summed E-state index contributed by atoms with van der Waals surface area (Å²) in [6, 6.07) is 13.3. The van der Waals surface area contributed by atoms with Gasteiger partial charge in [0, 0.05) is 58.8 Å². The van der Waals surface area contributed by atoms with Crippen LogP contribution >= 0.6 is 0 Å². The molecule has 0 amide bonds. The topological polar surface area (TPSA) is 46.4 Å². The summed E-state index contributed by atoms with van der Waals surface area (Å²) in [4.78, 5) is 14.0. The Kier molecular flexibility index (Phi) is 5.59. The number of rotatable bonds is 6. The van der Waals surface area contributed by atoms with Gasteiger partial charge in [0.05, 0.1) is 0 Å². The summed E-state index contributed by atoms with van der Waals surface area (Å²) in [5.41, 5.74) is 4.55. The van der Waals surface area contributed by atoms with Crippen molar-refractivity contribution < 1.29 is 4.74 Å². The molecule has 0 bridgehead atoms.